The Kier molecular flexibility index (Phi) is 4.90. The number of aromatic nitrogens is 2. The molecule has 0 bridgehead atoms. The number of nitrogens with one attached hydrogen (secondary N) is 1. The van der Waals surface area contributed by atoms with Gasteiger partial charge in [0.1, 0.15) is 20.8 Å². The van der Waals surface area contributed by atoms with Gasteiger partial charge in [-0.3, -0.25) is 5.10 Å². The van der Waals surface area contributed by atoms with Crippen molar-refractivity contribution in [2.75, 3.05) is 0 Å². The van der Waals surface area contributed by atoms with E-state index in [1.54, 1.807) is 19.9 Å². The van der Waals surface area contributed by atoms with Crippen molar-refractivity contribution in [1.82, 2.24) is 10.2 Å². The fourth-order valence-corrected chi connectivity index (χ4v) is 2.05. The van der Waals surface area contributed by atoms with Crippen molar-refractivity contribution in [2.24, 2.45) is 0 Å². The molecule has 0 aliphatic rings. The Morgan fingerprint density at radius 1 is 1.59 bits per heavy atom. The van der Waals surface area contributed by atoms with Crippen LogP contribution in [0.15, 0.2) is 14.8 Å². The van der Waals surface area contributed by atoms with E-state index in [0.29, 0.717) is 14.8 Å². The van der Waals surface area contributed by atoms with Crippen molar-refractivity contribution < 1.29 is 9.53 Å². The number of rotatable bonds is 3. The molecule has 0 amide bonds. The Hall–Kier alpha value is -1.13. The number of halogens is 2. The first-order valence-corrected chi connectivity index (χ1v) is 6.26. The van der Waals surface area contributed by atoms with Crippen LogP contribution >= 0.6 is 31.9 Å². The van der Waals surface area contributed by atoms with Crippen LogP contribution in [-0.2, 0) is 9.53 Å². The zero-order valence-electron chi connectivity index (χ0n) is 9.12. The summed E-state index contributed by atoms with van der Waals surface area (Å²) in [6, 6.07) is 1.80. The Morgan fingerprint density at radius 2 is 2.24 bits per heavy atom. The van der Waals surface area contributed by atoms with Crippen LogP contribution in [0.1, 0.15) is 19.4 Å². The molecule has 0 atom stereocenters. The predicted molar refractivity (Wildman–Crippen MR) is 68.8 cm³/mol. The van der Waals surface area contributed by atoms with Gasteiger partial charge in [0.05, 0.1) is 6.10 Å². The van der Waals surface area contributed by atoms with Gasteiger partial charge in [0.2, 0.25) is 0 Å². The van der Waals surface area contributed by atoms with Crippen LogP contribution in [0.3, 0.4) is 0 Å². The number of nitrogens with zero attached hydrogens (tertiary/aromatic N) is 2. The topological polar surface area (TPSA) is 78.8 Å². The molecule has 1 rings (SSSR count). The van der Waals surface area contributed by atoms with E-state index in [2.05, 4.69) is 42.1 Å². The SMILES string of the molecule is CC(C)OC(=O)/C(C#N)=C/c1c(Br)n[nH]c1Br. The lowest BCUT2D eigenvalue weighted by atomic mass is 10.2. The van der Waals surface area contributed by atoms with Gasteiger partial charge < -0.3 is 4.74 Å². The zero-order valence-corrected chi connectivity index (χ0v) is 12.3. The lowest BCUT2D eigenvalue weighted by Gasteiger charge is -2.06. The minimum atomic E-state index is -0.650. The summed E-state index contributed by atoms with van der Waals surface area (Å²) in [5, 5.41) is 15.4. The molecular formula is C10H9Br2N3O2. The molecule has 0 aliphatic heterocycles. The lowest BCUT2D eigenvalue weighted by molar-refractivity contribution is -0.142. The molecule has 0 saturated heterocycles. The quantitative estimate of drug-likeness (QED) is 0.509. The molecule has 5 nitrogen and oxygen atoms in total. The summed E-state index contributed by atoms with van der Waals surface area (Å²) in [4.78, 5) is 11.6. The first kappa shape index (κ1) is 13.9. The van der Waals surface area contributed by atoms with Gasteiger partial charge in [-0.1, -0.05) is 0 Å². The first-order valence-electron chi connectivity index (χ1n) is 4.67. The summed E-state index contributed by atoms with van der Waals surface area (Å²) in [7, 11) is 0. The number of carbonyl (C=O) groups excluding carboxylic acids is 1. The molecule has 0 saturated carbocycles. The third-order valence-corrected chi connectivity index (χ3v) is 2.89. The second-order valence-electron chi connectivity index (χ2n) is 3.37. The Balaban J connectivity index is 3.04. The van der Waals surface area contributed by atoms with E-state index in [1.165, 1.54) is 6.08 Å². The van der Waals surface area contributed by atoms with Crippen LogP contribution in [-0.4, -0.2) is 22.3 Å². The molecule has 0 fully saturated rings. The molecular weight excluding hydrogens is 354 g/mol. The van der Waals surface area contributed by atoms with E-state index in [1.807, 2.05) is 0 Å². The maximum Gasteiger partial charge on any atom is 0.349 e. The lowest BCUT2D eigenvalue weighted by Crippen LogP contribution is -2.12. The summed E-state index contributed by atoms with van der Waals surface area (Å²) in [6.07, 6.45) is 1.14. The predicted octanol–water partition coefficient (Wildman–Crippen LogP) is 2.79. The molecule has 0 aromatic carbocycles. The molecule has 1 aromatic rings. The monoisotopic (exact) mass is 361 g/mol. The summed E-state index contributed by atoms with van der Waals surface area (Å²) in [5.41, 5.74) is 0.503. The summed E-state index contributed by atoms with van der Waals surface area (Å²) in [6.45, 7) is 3.44. The average Bonchev–Trinajstić information content (AvgIpc) is 2.55. The highest BCUT2D eigenvalue weighted by Gasteiger charge is 2.15. The van der Waals surface area contributed by atoms with E-state index in [0.717, 1.165) is 0 Å². The van der Waals surface area contributed by atoms with Crippen molar-refractivity contribution in [3.05, 3.63) is 20.3 Å². The molecule has 1 heterocycles. The number of hydrogen-bond donors (Lipinski definition) is 1. The number of ether oxygens (including phenoxy) is 1. The maximum atomic E-state index is 11.6. The van der Waals surface area contributed by atoms with E-state index >= 15 is 0 Å². The van der Waals surface area contributed by atoms with Crippen LogP contribution in [0.4, 0.5) is 0 Å². The van der Waals surface area contributed by atoms with E-state index in [-0.39, 0.29) is 11.7 Å². The largest absolute Gasteiger partial charge is 0.459 e. The van der Waals surface area contributed by atoms with Crippen molar-refractivity contribution in [3.63, 3.8) is 0 Å². The standard InChI is InChI=1S/C10H9Br2N3O2/c1-5(2)17-10(16)6(4-13)3-7-8(11)14-15-9(7)12/h3,5H,1-2H3,(H,14,15)/b6-3+. The van der Waals surface area contributed by atoms with Crippen LogP contribution < -0.4 is 0 Å². The molecule has 7 heteroatoms. The number of esters is 1. The van der Waals surface area contributed by atoms with Crippen LogP contribution in [0, 0.1) is 11.3 Å². The second-order valence-corrected chi connectivity index (χ2v) is 4.91. The number of carbonyl (C=O) groups is 1. The van der Waals surface area contributed by atoms with E-state index in [9.17, 15) is 4.79 Å². The highest BCUT2D eigenvalue weighted by molar-refractivity contribution is 9.11. The third kappa shape index (κ3) is 3.68. The van der Waals surface area contributed by atoms with Gasteiger partial charge in [-0.2, -0.15) is 10.4 Å². The second kappa shape index (κ2) is 5.98. The summed E-state index contributed by atoms with van der Waals surface area (Å²) in [5.74, 6) is -0.650. The fourth-order valence-electron chi connectivity index (χ4n) is 0.991. The Morgan fingerprint density at radius 3 is 2.65 bits per heavy atom. The summed E-state index contributed by atoms with van der Waals surface area (Å²) < 4.78 is 6.03. The fraction of sp³-hybridized carbons (Fsp3) is 0.300. The van der Waals surface area contributed by atoms with Crippen molar-refractivity contribution in [1.29, 1.82) is 5.26 Å². The molecule has 0 aliphatic carbocycles. The summed E-state index contributed by atoms with van der Waals surface area (Å²) >= 11 is 6.42. The van der Waals surface area contributed by atoms with Crippen molar-refractivity contribution >= 4 is 43.9 Å². The molecule has 0 radical (unpaired) electrons. The highest BCUT2D eigenvalue weighted by atomic mass is 79.9. The van der Waals surface area contributed by atoms with Crippen LogP contribution in [0.2, 0.25) is 0 Å². The van der Waals surface area contributed by atoms with Gasteiger partial charge in [-0.05, 0) is 51.8 Å². The number of hydrogen-bond acceptors (Lipinski definition) is 4. The van der Waals surface area contributed by atoms with Gasteiger partial charge >= 0.3 is 5.97 Å². The number of nitriles is 1. The molecule has 17 heavy (non-hydrogen) atoms. The minimum absolute atomic E-state index is 0.0819. The smallest absolute Gasteiger partial charge is 0.349 e. The third-order valence-electron chi connectivity index (χ3n) is 1.68. The molecule has 0 spiro atoms. The molecule has 1 aromatic heterocycles. The molecule has 1 N–H and O–H groups in total. The number of H-pyrrole nitrogens is 1. The van der Waals surface area contributed by atoms with Crippen molar-refractivity contribution in [2.45, 2.75) is 20.0 Å². The van der Waals surface area contributed by atoms with Gasteiger partial charge in [0, 0.05) is 5.56 Å². The van der Waals surface area contributed by atoms with Crippen LogP contribution in [0.25, 0.3) is 6.08 Å². The average molecular weight is 363 g/mol. The van der Waals surface area contributed by atoms with Gasteiger partial charge in [-0.25, -0.2) is 4.79 Å². The maximum absolute atomic E-state index is 11.6. The zero-order chi connectivity index (χ0) is 13.0. The Labute approximate surface area is 115 Å². The van der Waals surface area contributed by atoms with Gasteiger partial charge in [-0.15, -0.1) is 0 Å². The van der Waals surface area contributed by atoms with Gasteiger partial charge in [0.15, 0.2) is 0 Å². The molecule has 0 unspecified atom stereocenters. The van der Waals surface area contributed by atoms with Gasteiger partial charge in [0.25, 0.3) is 0 Å². The molecule has 90 valence electrons. The Bertz CT molecular complexity index is 481. The van der Waals surface area contributed by atoms with E-state index < -0.39 is 5.97 Å². The van der Waals surface area contributed by atoms with Crippen molar-refractivity contribution in [3.8, 4) is 6.07 Å². The van der Waals surface area contributed by atoms with E-state index in [4.69, 9.17) is 10.00 Å². The minimum Gasteiger partial charge on any atom is -0.459 e. The number of aromatic amines is 1. The van der Waals surface area contributed by atoms with Crippen LogP contribution in [0.5, 0.6) is 0 Å². The normalized spacial score (nSPS) is 11.4. The first-order chi connectivity index (χ1) is 7.95. The highest BCUT2D eigenvalue weighted by Crippen LogP contribution is 2.24.